The fourth-order valence-electron chi connectivity index (χ4n) is 2.65. The van der Waals surface area contributed by atoms with Crippen LogP contribution in [0, 0.1) is 0 Å². The number of alkyl halides is 3. The highest BCUT2D eigenvalue weighted by atomic mass is 19.4. The zero-order chi connectivity index (χ0) is 20.4. The standard InChI is InChI=1S/C18H28F3N5O2/c1-3-22-17(24-10-14(2)26-6-8-27-9-7-26)25-12-15-4-5-16(23-11-15)28-13-18(19,20)21/h4-5,11,14H,3,6-10,12-13H2,1-2H3,(H2,22,24,25). The van der Waals surface area contributed by atoms with Crippen LogP contribution in [-0.4, -0.2) is 74.1 Å². The zero-order valence-electron chi connectivity index (χ0n) is 16.3. The van der Waals surface area contributed by atoms with Crippen LogP contribution in [0.3, 0.4) is 0 Å². The number of hydrogen-bond acceptors (Lipinski definition) is 5. The Bertz CT molecular complexity index is 604. The van der Waals surface area contributed by atoms with Gasteiger partial charge in [0.15, 0.2) is 12.6 Å². The zero-order valence-corrected chi connectivity index (χ0v) is 16.3. The van der Waals surface area contributed by atoms with Crippen molar-refractivity contribution in [2.75, 3.05) is 46.0 Å². The lowest BCUT2D eigenvalue weighted by Gasteiger charge is -2.32. The Balaban J connectivity index is 1.83. The van der Waals surface area contributed by atoms with Crippen molar-refractivity contribution in [1.29, 1.82) is 0 Å². The van der Waals surface area contributed by atoms with Gasteiger partial charge in [0.25, 0.3) is 0 Å². The molecule has 0 saturated carbocycles. The van der Waals surface area contributed by atoms with Gasteiger partial charge in [-0.15, -0.1) is 0 Å². The summed E-state index contributed by atoms with van der Waals surface area (Å²) in [6.07, 6.45) is -2.91. The van der Waals surface area contributed by atoms with Crippen LogP contribution in [0.2, 0.25) is 0 Å². The van der Waals surface area contributed by atoms with Crippen LogP contribution in [0.5, 0.6) is 5.88 Å². The quantitative estimate of drug-likeness (QED) is 0.510. The third-order valence-electron chi connectivity index (χ3n) is 4.18. The van der Waals surface area contributed by atoms with Gasteiger partial charge in [-0.05, 0) is 19.4 Å². The van der Waals surface area contributed by atoms with Gasteiger partial charge in [-0.3, -0.25) is 4.90 Å². The van der Waals surface area contributed by atoms with E-state index >= 15 is 0 Å². The lowest BCUT2D eigenvalue weighted by atomic mass is 10.2. The van der Waals surface area contributed by atoms with E-state index in [9.17, 15) is 13.2 Å². The predicted molar refractivity (Wildman–Crippen MR) is 100 cm³/mol. The van der Waals surface area contributed by atoms with Crippen molar-refractivity contribution in [3.63, 3.8) is 0 Å². The SMILES string of the molecule is CCNC(=NCc1ccc(OCC(F)(F)F)nc1)NCC(C)N1CCOCC1. The van der Waals surface area contributed by atoms with Gasteiger partial charge in [0.1, 0.15) is 0 Å². The molecule has 0 spiro atoms. The number of ether oxygens (including phenoxy) is 2. The van der Waals surface area contributed by atoms with Gasteiger partial charge in [-0.2, -0.15) is 13.2 Å². The number of hydrogen-bond donors (Lipinski definition) is 2. The largest absolute Gasteiger partial charge is 0.468 e. The molecule has 10 heteroatoms. The Morgan fingerprint density at radius 2 is 2.07 bits per heavy atom. The van der Waals surface area contributed by atoms with Crippen LogP contribution in [0.4, 0.5) is 13.2 Å². The maximum atomic E-state index is 12.2. The van der Waals surface area contributed by atoms with E-state index in [0.29, 0.717) is 18.5 Å². The molecule has 2 rings (SSSR count). The summed E-state index contributed by atoms with van der Waals surface area (Å²) in [5.41, 5.74) is 0.776. The first kappa shape index (κ1) is 22.2. The van der Waals surface area contributed by atoms with Crippen LogP contribution in [0.25, 0.3) is 0 Å². The Labute approximate surface area is 163 Å². The van der Waals surface area contributed by atoms with Gasteiger partial charge in [-0.1, -0.05) is 6.07 Å². The minimum atomic E-state index is -4.38. The monoisotopic (exact) mass is 403 g/mol. The normalized spacial score (nSPS) is 17.2. The van der Waals surface area contributed by atoms with Crippen LogP contribution in [0.15, 0.2) is 23.3 Å². The number of guanidine groups is 1. The highest BCUT2D eigenvalue weighted by Gasteiger charge is 2.28. The molecular formula is C18H28F3N5O2. The lowest BCUT2D eigenvalue weighted by molar-refractivity contribution is -0.154. The van der Waals surface area contributed by atoms with E-state index in [-0.39, 0.29) is 5.88 Å². The van der Waals surface area contributed by atoms with E-state index < -0.39 is 12.8 Å². The van der Waals surface area contributed by atoms with Gasteiger partial charge in [0, 0.05) is 44.5 Å². The average molecular weight is 403 g/mol. The van der Waals surface area contributed by atoms with Crippen molar-refractivity contribution in [2.24, 2.45) is 4.99 Å². The van der Waals surface area contributed by atoms with Gasteiger partial charge in [-0.25, -0.2) is 9.98 Å². The molecule has 1 aromatic rings. The highest BCUT2D eigenvalue weighted by molar-refractivity contribution is 5.79. The number of aliphatic imine (C=N–C) groups is 1. The molecule has 1 atom stereocenters. The molecule has 0 aliphatic carbocycles. The molecule has 0 radical (unpaired) electrons. The van der Waals surface area contributed by atoms with Crippen LogP contribution in [0.1, 0.15) is 19.4 Å². The van der Waals surface area contributed by atoms with E-state index in [1.165, 1.54) is 12.3 Å². The third-order valence-corrected chi connectivity index (χ3v) is 4.18. The highest BCUT2D eigenvalue weighted by Crippen LogP contribution is 2.17. The molecular weight excluding hydrogens is 375 g/mol. The summed E-state index contributed by atoms with van der Waals surface area (Å²) in [4.78, 5) is 10.8. The molecule has 0 aromatic carbocycles. The molecule has 28 heavy (non-hydrogen) atoms. The van der Waals surface area contributed by atoms with Gasteiger partial charge >= 0.3 is 6.18 Å². The first-order valence-electron chi connectivity index (χ1n) is 9.36. The summed E-state index contributed by atoms with van der Waals surface area (Å²) in [6, 6.07) is 3.42. The number of pyridine rings is 1. The third kappa shape index (κ3) is 8.30. The average Bonchev–Trinajstić information content (AvgIpc) is 2.69. The molecule has 0 bridgehead atoms. The topological polar surface area (TPSA) is 71.0 Å². The first-order chi connectivity index (χ1) is 13.4. The first-order valence-corrected chi connectivity index (χ1v) is 9.36. The fourth-order valence-corrected chi connectivity index (χ4v) is 2.65. The molecule has 1 aliphatic heterocycles. The van der Waals surface area contributed by atoms with Gasteiger partial charge in [0.05, 0.1) is 19.8 Å². The molecule has 1 fully saturated rings. The van der Waals surface area contributed by atoms with Crippen LogP contribution in [-0.2, 0) is 11.3 Å². The van der Waals surface area contributed by atoms with Crippen molar-refractivity contribution in [3.05, 3.63) is 23.9 Å². The van der Waals surface area contributed by atoms with Crippen molar-refractivity contribution in [3.8, 4) is 5.88 Å². The predicted octanol–water partition coefficient (Wildman–Crippen LogP) is 1.80. The second-order valence-electron chi connectivity index (χ2n) is 6.48. The van der Waals surface area contributed by atoms with E-state index in [4.69, 9.17) is 4.74 Å². The molecule has 1 saturated heterocycles. The molecule has 1 aliphatic rings. The van der Waals surface area contributed by atoms with Crippen molar-refractivity contribution >= 4 is 5.96 Å². The summed E-state index contributed by atoms with van der Waals surface area (Å²) in [5.74, 6) is 0.620. The Kier molecular flexibility index (Phi) is 8.78. The maximum absolute atomic E-state index is 12.2. The molecule has 1 unspecified atom stereocenters. The summed E-state index contributed by atoms with van der Waals surface area (Å²) in [6.45, 7) is 7.97. The summed E-state index contributed by atoms with van der Waals surface area (Å²) in [7, 11) is 0. The number of halogens is 3. The van der Waals surface area contributed by atoms with Crippen LogP contribution >= 0.6 is 0 Å². The number of aromatic nitrogens is 1. The second-order valence-corrected chi connectivity index (χ2v) is 6.48. The van der Waals surface area contributed by atoms with Gasteiger partial charge < -0.3 is 20.1 Å². The molecule has 2 heterocycles. The summed E-state index contributed by atoms with van der Waals surface area (Å²) < 4.78 is 46.4. The maximum Gasteiger partial charge on any atom is 0.422 e. The van der Waals surface area contributed by atoms with E-state index in [1.807, 2.05) is 6.92 Å². The molecule has 1 aromatic heterocycles. The summed E-state index contributed by atoms with van der Waals surface area (Å²) >= 11 is 0. The summed E-state index contributed by atoms with van der Waals surface area (Å²) in [5, 5.41) is 6.51. The Hall–Kier alpha value is -2.07. The van der Waals surface area contributed by atoms with Crippen molar-refractivity contribution < 1.29 is 22.6 Å². The van der Waals surface area contributed by atoms with E-state index in [1.54, 1.807) is 6.07 Å². The van der Waals surface area contributed by atoms with E-state index in [0.717, 1.165) is 45.0 Å². The minimum Gasteiger partial charge on any atom is -0.468 e. The molecule has 2 N–H and O–H groups in total. The Morgan fingerprint density at radius 1 is 1.32 bits per heavy atom. The molecule has 7 nitrogen and oxygen atoms in total. The Morgan fingerprint density at radius 3 is 2.68 bits per heavy atom. The second kappa shape index (κ2) is 11.1. The van der Waals surface area contributed by atoms with Gasteiger partial charge in [0.2, 0.25) is 5.88 Å². The smallest absolute Gasteiger partial charge is 0.422 e. The molecule has 0 amide bonds. The fraction of sp³-hybridized carbons (Fsp3) is 0.667. The molecule has 158 valence electrons. The number of morpholine rings is 1. The minimum absolute atomic E-state index is 0.0607. The van der Waals surface area contributed by atoms with Crippen LogP contribution < -0.4 is 15.4 Å². The van der Waals surface area contributed by atoms with E-state index in [2.05, 4.69) is 37.2 Å². The van der Waals surface area contributed by atoms with Crippen molar-refractivity contribution in [2.45, 2.75) is 32.6 Å². The van der Waals surface area contributed by atoms with Crippen molar-refractivity contribution in [1.82, 2.24) is 20.5 Å². The lowest BCUT2D eigenvalue weighted by Crippen LogP contribution is -2.49. The number of nitrogens with zero attached hydrogens (tertiary/aromatic N) is 3. The number of rotatable bonds is 8. The number of nitrogens with one attached hydrogen (secondary N) is 2.